The zero-order valence-electron chi connectivity index (χ0n) is 5.51. The van der Waals surface area contributed by atoms with Crippen LogP contribution in [-0.4, -0.2) is 25.4 Å². The van der Waals surface area contributed by atoms with E-state index in [9.17, 15) is 0 Å². The van der Waals surface area contributed by atoms with Gasteiger partial charge in [0.15, 0.2) is 0 Å². The van der Waals surface area contributed by atoms with E-state index in [4.69, 9.17) is 9.47 Å². The topological polar surface area (TPSA) is 18.5 Å². The molecule has 0 aromatic heterocycles. The van der Waals surface area contributed by atoms with Gasteiger partial charge in [-0.1, -0.05) is 0 Å². The minimum Gasteiger partial charge on any atom is -0.376 e. The molecule has 2 rings (SSSR count). The molecule has 2 bridgehead atoms. The fourth-order valence-corrected chi connectivity index (χ4v) is 1.56. The van der Waals surface area contributed by atoms with Gasteiger partial charge in [0.05, 0.1) is 25.4 Å². The Morgan fingerprint density at radius 1 is 1.00 bits per heavy atom. The highest BCUT2D eigenvalue weighted by Crippen LogP contribution is 2.22. The number of rotatable bonds is 0. The Balaban J connectivity index is 1.96. The molecule has 2 aliphatic rings. The summed E-state index contributed by atoms with van der Waals surface area (Å²) in [4.78, 5) is 0. The fourth-order valence-electron chi connectivity index (χ4n) is 1.56. The Hall–Kier alpha value is -0.0800. The maximum absolute atomic E-state index is 5.60. The molecule has 52 valence electrons. The van der Waals surface area contributed by atoms with Gasteiger partial charge in [0, 0.05) is 0 Å². The lowest BCUT2D eigenvalue weighted by Gasteiger charge is -2.34. The molecule has 2 heterocycles. The van der Waals surface area contributed by atoms with Gasteiger partial charge < -0.3 is 9.47 Å². The fraction of sp³-hybridized carbons (Fsp3) is 1.00. The van der Waals surface area contributed by atoms with Crippen LogP contribution >= 0.6 is 0 Å². The number of hydrogen-bond donors (Lipinski definition) is 0. The Morgan fingerprint density at radius 2 is 1.67 bits per heavy atom. The van der Waals surface area contributed by atoms with Crippen molar-refractivity contribution in [2.24, 2.45) is 0 Å². The van der Waals surface area contributed by atoms with Crippen LogP contribution in [0.3, 0.4) is 0 Å². The SMILES string of the molecule is C1CC2COCC(C1)O2. The number of fused-ring (bicyclic) bond motifs is 2. The van der Waals surface area contributed by atoms with E-state index in [-0.39, 0.29) is 0 Å². The minimum atomic E-state index is 0.428. The second-order valence-corrected chi connectivity index (χ2v) is 2.85. The second-order valence-electron chi connectivity index (χ2n) is 2.85. The predicted molar refractivity (Wildman–Crippen MR) is 33.3 cm³/mol. The van der Waals surface area contributed by atoms with Crippen LogP contribution < -0.4 is 0 Å². The largest absolute Gasteiger partial charge is 0.376 e. The first kappa shape index (κ1) is 5.69. The monoisotopic (exact) mass is 128 g/mol. The zero-order chi connectivity index (χ0) is 6.10. The summed E-state index contributed by atoms with van der Waals surface area (Å²) in [5, 5.41) is 0. The van der Waals surface area contributed by atoms with E-state index in [0.29, 0.717) is 12.2 Å². The summed E-state index contributed by atoms with van der Waals surface area (Å²) in [5.74, 6) is 0. The van der Waals surface area contributed by atoms with Gasteiger partial charge in [0.25, 0.3) is 0 Å². The van der Waals surface area contributed by atoms with Gasteiger partial charge in [0.2, 0.25) is 0 Å². The van der Waals surface area contributed by atoms with Crippen molar-refractivity contribution in [2.75, 3.05) is 13.2 Å². The van der Waals surface area contributed by atoms with Crippen LogP contribution in [0, 0.1) is 0 Å². The van der Waals surface area contributed by atoms with E-state index < -0.39 is 0 Å². The molecule has 0 amide bonds. The smallest absolute Gasteiger partial charge is 0.0813 e. The highest BCUT2D eigenvalue weighted by atomic mass is 16.6. The van der Waals surface area contributed by atoms with E-state index in [1.54, 1.807) is 0 Å². The third kappa shape index (κ3) is 1.10. The summed E-state index contributed by atoms with van der Waals surface area (Å²) in [7, 11) is 0. The lowest BCUT2D eigenvalue weighted by molar-refractivity contribution is -0.160. The zero-order valence-corrected chi connectivity index (χ0v) is 5.51. The van der Waals surface area contributed by atoms with Crippen LogP contribution in [0.2, 0.25) is 0 Å². The number of ether oxygens (including phenoxy) is 2. The molecular formula is C7H12O2. The minimum absolute atomic E-state index is 0.428. The Morgan fingerprint density at radius 3 is 2.22 bits per heavy atom. The molecular weight excluding hydrogens is 116 g/mol. The van der Waals surface area contributed by atoms with Gasteiger partial charge in [-0.3, -0.25) is 0 Å². The maximum atomic E-state index is 5.60. The quantitative estimate of drug-likeness (QED) is 0.483. The molecule has 0 N–H and O–H groups in total. The summed E-state index contributed by atoms with van der Waals surface area (Å²) in [6.07, 6.45) is 4.60. The van der Waals surface area contributed by atoms with Crippen molar-refractivity contribution in [3.05, 3.63) is 0 Å². The third-order valence-electron chi connectivity index (χ3n) is 2.04. The molecule has 2 aliphatic heterocycles. The number of hydrogen-bond acceptors (Lipinski definition) is 2. The summed E-state index contributed by atoms with van der Waals surface area (Å²) in [6.45, 7) is 1.66. The van der Waals surface area contributed by atoms with Crippen molar-refractivity contribution >= 4 is 0 Å². The van der Waals surface area contributed by atoms with Crippen LogP contribution in [0.15, 0.2) is 0 Å². The first-order chi connectivity index (χ1) is 4.45. The molecule has 2 nitrogen and oxygen atoms in total. The Labute approximate surface area is 55.1 Å². The van der Waals surface area contributed by atoms with Crippen LogP contribution in [0.5, 0.6) is 0 Å². The van der Waals surface area contributed by atoms with Gasteiger partial charge in [-0.05, 0) is 19.3 Å². The predicted octanol–water partition coefficient (Wildman–Crippen LogP) is 0.954. The molecule has 0 aromatic rings. The summed E-state index contributed by atoms with van der Waals surface area (Å²) in [5.41, 5.74) is 0. The molecule has 2 heteroatoms. The summed E-state index contributed by atoms with van der Waals surface area (Å²) in [6, 6.07) is 0. The first-order valence-corrected chi connectivity index (χ1v) is 3.68. The van der Waals surface area contributed by atoms with Crippen LogP contribution in [0.1, 0.15) is 19.3 Å². The average Bonchev–Trinajstić information content (AvgIpc) is 1.88. The van der Waals surface area contributed by atoms with Crippen LogP contribution in [0.25, 0.3) is 0 Å². The first-order valence-electron chi connectivity index (χ1n) is 3.68. The average molecular weight is 128 g/mol. The van der Waals surface area contributed by atoms with Crippen molar-refractivity contribution < 1.29 is 9.47 Å². The molecule has 0 aromatic carbocycles. The van der Waals surface area contributed by atoms with E-state index in [2.05, 4.69) is 0 Å². The lowest BCUT2D eigenvalue weighted by Crippen LogP contribution is -2.39. The second kappa shape index (κ2) is 2.27. The van der Waals surface area contributed by atoms with Crippen molar-refractivity contribution in [3.8, 4) is 0 Å². The molecule has 2 unspecified atom stereocenters. The molecule has 2 atom stereocenters. The van der Waals surface area contributed by atoms with E-state index in [1.807, 2.05) is 0 Å². The molecule has 9 heavy (non-hydrogen) atoms. The normalized spacial score (nSPS) is 42.7. The molecule has 0 spiro atoms. The van der Waals surface area contributed by atoms with Gasteiger partial charge in [-0.15, -0.1) is 0 Å². The lowest BCUT2D eigenvalue weighted by atomic mass is 10.0. The van der Waals surface area contributed by atoms with Crippen LogP contribution in [-0.2, 0) is 9.47 Å². The third-order valence-corrected chi connectivity index (χ3v) is 2.04. The standard InChI is InChI=1S/C7H12O2/c1-2-6-4-8-5-7(3-1)9-6/h6-7H,1-5H2. The molecule has 0 aliphatic carbocycles. The summed E-state index contributed by atoms with van der Waals surface area (Å²) >= 11 is 0. The van der Waals surface area contributed by atoms with Crippen molar-refractivity contribution in [1.29, 1.82) is 0 Å². The van der Waals surface area contributed by atoms with Gasteiger partial charge in [-0.2, -0.15) is 0 Å². The molecule has 2 fully saturated rings. The van der Waals surface area contributed by atoms with E-state index >= 15 is 0 Å². The van der Waals surface area contributed by atoms with Crippen molar-refractivity contribution in [1.82, 2.24) is 0 Å². The van der Waals surface area contributed by atoms with Gasteiger partial charge in [0.1, 0.15) is 0 Å². The van der Waals surface area contributed by atoms with Gasteiger partial charge in [-0.25, -0.2) is 0 Å². The highest BCUT2D eigenvalue weighted by molar-refractivity contribution is 4.74. The molecule has 0 radical (unpaired) electrons. The van der Waals surface area contributed by atoms with E-state index in [0.717, 1.165) is 13.2 Å². The van der Waals surface area contributed by atoms with E-state index in [1.165, 1.54) is 19.3 Å². The highest BCUT2D eigenvalue weighted by Gasteiger charge is 2.26. The molecule has 2 saturated heterocycles. The Bertz CT molecular complexity index is 83.1. The van der Waals surface area contributed by atoms with Crippen LogP contribution in [0.4, 0.5) is 0 Å². The van der Waals surface area contributed by atoms with Crippen molar-refractivity contribution in [2.45, 2.75) is 31.5 Å². The summed E-state index contributed by atoms with van der Waals surface area (Å²) < 4.78 is 10.9. The van der Waals surface area contributed by atoms with Gasteiger partial charge >= 0.3 is 0 Å². The van der Waals surface area contributed by atoms with Crippen molar-refractivity contribution in [3.63, 3.8) is 0 Å². The maximum Gasteiger partial charge on any atom is 0.0813 e. The Kier molecular flexibility index (Phi) is 1.44. The molecule has 0 saturated carbocycles.